The smallest absolute Gasteiger partial charge is 0.310 e. The van der Waals surface area contributed by atoms with Crippen molar-refractivity contribution in [2.45, 2.75) is 101 Å². The molecule has 5 N–H and O–H groups in total. The first-order valence-electron chi connectivity index (χ1n) is 13.8. The molecule has 0 radical (unpaired) electrons. The SMILES string of the molecule is C[C@H]1CC[C@@H]2N(C1)C[C@@H]1[C@H]([C@@H](O)[C@H](O)[C@]3(O)[C@H]1C[C@@]14OC(=O)[C@@H](CC[C@@H]31)[C@@]4(C)CCC(=O)O)[C@]2(C)O. The summed E-state index contributed by atoms with van der Waals surface area (Å²) in [5.74, 6) is -3.29. The third kappa shape index (κ3) is 2.84. The second-order valence-corrected chi connectivity index (χ2v) is 13.5. The molecule has 3 heterocycles. The fourth-order valence-electron chi connectivity index (χ4n) is 10.4. The number of nitrogens with zero attached hydrogens (tertiary/aromatic N) is 1. The lowest BCUT2D eigenvalue weighted by Crippen LogP contribution is -2.76. The molecule has 3 aliphatic carbocycles. The van der Waals surface area contributed by atoms with Crippen molar-refractivity contribution in [3.05, 3.63) is 0 Å². The second kappa shape index (κ2) is 7.65. The fraction of sp³-hybridized carbons (Fsp3) is 0.926. The Morgan fingerprint density at radius 2 is 1.83 bits per heavy atom. The monoisotopic (exact) mass is 507 g/mol. The third-order valence-electron chi connectivity index (χ3n) is 12.0. The van der Waals surface area contributed by atoms with Crippen LogP contribution in [-0.4, -0.2) is 90.5 Å². The van der Waals surface area contributed by atoms with Crippen molar-refractivity contribution in [3.8, 4) is 0 Å². The molecule has 3 aliphatic heterocycles. The van der Waals surface area contributed by atoms with E-state index in [1.165, 1.54) is 0 Å². The Labute approximate surface area is 211 Å². The summed E-state index contributed by atoms with van der Waals surface area (Å²) in [7, 11) is 0. The molecule has 0 aromatic rings. The van der Waals surface area contributed by atoms with E-state index >= 15 is 0 Å². The maximum Gasteiger partial charge on any atom is 0.310 e. The quantitative estimate of drug-likeness (QED) is 0.349. The standard InChI is InChI=1S/C27H41NO8/c1-13-4-7-18-25(3,34)20-14(12-28(18)11-13)16-10-26-17(27(16,35)22(32)21(20)31)6-5-15(23(33)36-26)24(26,2)9-8-19(29)30/h13-18,20-22,31-32,34-35H,4-12H2,1-3H3,(H,29,30)/t13-,14-,15+,16-,17+,18-,20+,21+,22-,24+,25+,26+,27-/m0/s1. The van der Waals surface area contributed by atoms with E-state index in [4.69, 9.17) is 4.74 Å². The first-order chi connectivity index (χ1) is 16.8. The highest BCUT2D eigenvalue weighted by Crippen LogP contribution is 2.72. The Hall–Kier alpha value is -1.26. The normalized spacial score (nSPS) is 57.9. The minimum atomic E-state index is -1.69. The average Bonchev–Trinajstić information content (AvgIpc) is 3.09. The van der Waals surface area contributed by atoms with Crippen molar-refractivity contribution in [2.75, 3.05) is 13.1 Å². The van der Waals surface area contributed by atoms with Crippen molar-refractivity contribution < 1.29 is 39.9 Å². The van der Waals surface area contributed by atoms with Gasteiger partial charge in [0.1, 0.15) is 17.3 Å². The van der Waals surface area contributed by atoms with Gasteiger partial charge in [-0.15, -0.1) is 0 Å². The lowest BCUT2D eigenvalue weighted by Gasteiger charge is -2.63. The molecular formula is C27H41NO8. The largest absolute Gasteiger partial charge is 0.481 e. The maximum atomic E-state index is 13.1. The Balaban J connectivity index is 1.45. The first kappa shape index (κ1) is 25.0. The summed E-state index contributed by atoms with van der Waals surface area (Å²) in [5.41, 5.74) is -4.84. The molecule has 6 fully saturated rings. The van der Waals surface area contributed by atoms with E-state index in [0.29, 0.717) is 31.7 Å². The van der Waals surface area contributed by atoms with Crippen LogP contribution in [0.25, 0.3) is 0 Å². The summed E-state index contributed by atoms with van der Waals surface area (Å²) in [4.78, 5) is 26.9. The van der Waals surface area contributed by atoms with Crippen LogP contribution in [-0.2, 0) is 14.3 Å². The summed E-state index contributed by atoms with van der Waals surface area (Å²) >= 11 is 0. The molecule has 13 atom stereocenters. The van der Waals surface area contributed by atoms with Crippen LogP contribution in [0.3, 0.4) is 0 Å². The summed E-state index contributed by atoms with van der Waals surface area (Å²) in [6.45, 7) is 7.30. The average molecular weight is 508 g/mol. The Kier molecular flexibility index (Phi) is 5.32. The molecule has 9 nitrogen and oxygen atoms in total. The molecule has 9 heteroatoms. The molecule has 3 saturated carbocycles. The van der Waals surface area contributed by atoms with Crippen LogP contribution in [0.2, 0.25) is 0 Å². The number of fused-ring (bicyclic) bond motifs is 6. The van der Waals surface area contributed by atoms with E-state index in [9.17, 15) is 35.1 Å². The number of carbonyl (C=O) groups is 2. The summed E-state index contributed by atoms with van der Waals surface area (Å²) in [6.07, 6.45) is 0.357. The predicted molar refractivity (Wildman–Crippen MR) is 126 cm³/mol. The summed E-state index contributed by atoms with van der Waals surface area (Å²) in [5, 5.41) is 56.8. The van der Waals surface area contributed by atoms with Gasteiger partial charge in [-0.2, -0.15) is 0 Å². The third-order valence-corrected chi connectivity index (χ3v) is 12.0. The zero-order valence-electron chi connectivity index (χ0n) is 21.5. The van der Waals surface area contributed by atoms with Crippen molar-refractivity contribution in [2.24, 2.45) is 40.9 Å². The lowest BCUT2D eigenvalue weighted by molar-refractivity contribution is -0.282. The molecule has 202 valence electrons. The van der Waals surface area contributed by atoms with Crippen molar-refractivity contribution in [1.82, 2.24) is 4.90 Å². The van der Waals surface area contributed by atoms with Crippen LogP contribution in [0, 0.1) is 40.9 Å². The van der Waals surface area contributed by atoms with Gasteiger partial charge in [0.15, 0.2) is 0 Å². The molecule has 0 aromatic carbocycles. The molecule has 6 aliphatic rings. The van der Waals surface area contributed by atoms with Gasteiger partial charge in [-0.05, 0) is 63.2 Å². The molecule has 6 rings (SSSR count). The topological polar surface area (TPSA) is 148 Å². The molecule has 0 amide bonds. The number of piperidine rings is 2. The van der Waals surface area contributed by atoms with E-state index in [-0.39, 0.29) is 30.8 Å². The van der Waals surface area contributed by atoms with Crippen LogP contribution in [0.4, 0.5) is 0 Å². The molecule has 0 unspecified atom stereocenters. The van der Waals surface area contributed by atoms with Gasteiger partial charge in [-0.3, -0.25) is 14.5 Å². The van der Waals surface area contributed by atoms with Gasteiger partial charge in [0.25, 0.3) is 0 Å². The van der Waals surface area contributed by atoms with Crippen LogP contribution < -0.4 is 0 Å². The van der Waals surface area contributed by atoms with E-state index in [2.05, 4.69) is 11.8 Å². The van der Waals surface area contributed by atoms with E-state index in [1.807, 2.05) is 6.92 Å². The van der Waals surface area contributed by atoms with Gasteiger partial charge < -0.3 is 30.3 Å². The number of aliphatic carboxylic acids is 1. The van der Waals surface area contributed by atoms with E-state index in [1.54, 1.807) is 6.92 Å². The second-order valence-electron chi connectivity index (χ2n) is 13.5. The zero-order valence-corrected chi connectivity index (χ0v) is 21.5. The summed E-state index contributed by atoms with van der Waals surface area (Å²) < 4.78 is 6.18. The Bertz CT molecular complexity index is 971. The highest BCUT2D eigenvalue weighted by Gasteiger charge is 2.81. The summed E-state index contributed by atoms with van der Waals surface area (Å²) in [6, 6.07) is -0.126. The molecule has 2 bridgehead atoms. The molecular weight excluding hydrogens is 466 g/mol. The predicted octanol–water partition coefficient (Wildman–Crippen LogP) is 0.763. The van der Waals surface area contributed by atoms with Crippen molar-refractivity contribution >= 4 is 11.9 Å². The highest BCUT2D eigenvalue weighted by atomic mass is 16.6. The number of carbonyl (C=O) groups excluding carboxylic acids is 1. The van der Waals surface area contributed by atoms with Crippen LogP contribution >= 0.6 is 0 Å². The van der Waals surface area contributed by atoms with Crippen molar-refractivity contribution in [3.63, 3.8) is 0 Å². The van der Waals surface area contributed by atoms with Gasteiger partial charge in [0.2, 0.25) is 0 Å². The van der Waals surface area contributed by atoms with E-state index < -0.39 is 64.1 Å². The van der Waals surface area contributed by atoms with Crippen LogP contribution in [0.1, 0.15) is 65.7 Å². The molecule has 36 heavy (non-hydrogen) atoms. The van der Waals surface area contributed by atoms with Gasteiger partial charge in [0.05, 0.1) is 17.6 Å². The van der Waals surface area contributed by atoms with Crippen LogP contribution in [0.15, 0.2) is 0 Å². The van der Waals surface area contributed by atoms with Crippen LogP contribution in [0.5, 0.6) is 0 Å². The minimum absolute atomic E-state index is 0.111. The van der Waals surface area contributed by atoms with Crippen molar-refractivity contribution in [1.29, 1.82) is 0 Å². The number of rotatable bonds is 3. The maximum absolute atomic E-state index is 13.1. The molecule has 0 aromatic heterocycles. The minimum Gasteiger partial charge on any atom is -0.481 e. The number of hydrogen-bond donors (Lipinski definition) is 5. The lowest BCUT2D eigenvalue weighted by atomic mass is 9.51. The number of ether oxygens (including phenoxy) is 1. The Morgan fingerprint density at radius 1 is 1.11 bits per heavy atom. The number of aliphatic hydroxyl groups is 4. The molecule has 3 saturated heterocycles. The van der Waals surface area contributed by atoms with Gasteiger partial charge in [-0.25, -0.2) is 0 Å². The molecule has 1 spiro atoms. The van der Waals surface area contributed by atoms with Gasteiger partial charge >= 0.3 is 11.9 Å². The first-order valence-corrected chi connectivity index (χ1v) is 13.8. The van der Waals surface area contributed by atoms with Gasteiger partial charge in [0, 0.05) is 42.8 Å². The Morgan fingerprint density at radius 3 is 2.53 bits per heavy atom. The highest BCUT2D eigenvalue weighted by molar-refractivity contribution is 5.78. The number of carboxylic acids is 1. The van der Waals surface area contributed by atoms with Gasteiger partial charge in [-0.1, -0.05) is 13.8 Å². The number of carboxylic acid groups (broad SMARTS) is 1. The zero-order chi connectivity index (χ0) is 26.0. The van der Waals surface area contributed by atoms with E-state index in [0.717, 1.165) is 19.4 Å². The number of aliphatic hydroxyl groups excluding tert-OH is 2. The number of esters is 1. The fourth-order valence-corrected chi connectivity index (χ4v) is 10.4. The number of hydrogen-bond acceptors (Lipinski definition) is 8.